The lowest BCUT2D eigenvalue weighted by atomic mass is 9.97. The number of piperidine rings is 1. The molecule has 0 saturated carbocycles. The lowest BCUT2D eigenvalue weighted by molar-refractivity contribution is 0.345. The van der Waals surface area contributed by atoms with Gasteiger partial charge in [-0.3, -0.25) is 0 Å². The summed E-state index contributed by atoms with van der Waals surface area (Å²) in [5.74, 6) is 1.64. The second-order valence-corrected chi connectivity index (χ2v) is 5.57. The van der Waals surface area contributed by atoms with E-state index in [1.54, 1.807) is 14.2 Å². The van der Waals surface area contributed by atoms with Gasteiger partial charge in [-0.2, -0.15) is 0 Å². The van der Waals surface area contributed by atoms with Crippen LogP contribution in [0.5, 0.6) is 11.5 Å². The molecule has 4 heteroatoms. The van der Waals surface area contributed by atoms with Crippen LogP contribution in [0.2, 0.25) is 0 Å². The monoisotopic (exact) mass is 313 g/mol. The van der Waals surface area contributed by atoms with Crippen LogP contribution in [-0.4, -0.2) is 26.8 Å². The zero-order valence-electron chi connectivity index (χ0n) is 11.0. The van der Waals surface area contributed by atoms with Crippen molar-refractivity contribution < 1.29 is 9.47 Å². The van der Waals surface area contributed by atoms with E-state index in [2.05, 4.69) is 27.3 Å². The Morgan fingerprint density at radius 3 is 2.72 bits per heavy atom. The Balaban J connectivity index is 2.21. The standard InChI is InChI=1S/C14H20BrNO2/c1-17-13-9-11(15)7-10(14(13)18-2)8-12-5-3-4-6-16-12/h7,9,12,16H,3-6,8H2,1-2H3. The summed E-state index contributed by atoms with van der Waals surface area (Å²) in [5, 5.41) is 3.56. The van der Waals surface area contributed by atoms with Gasteiger partial charge in [-0.25, -0.2) is 0 Å². The number of hydrogen-bond acceptors (Lipinski definition) is 3. The molecule has 1 aromatic rings. The number of rotatable bonds is 4. The largest absolute Gasteiger partial charge is 0.493 e. The highest BCUT2D eigenvalue weighted by Gasteiger charge is 2.18. The van der Waals surface area contributed by atoms with Gasteiger partial charge in [0.05, 0.1) is 14.2 Å². The van der Waals surface area contributed by atoms with Crippen molar-refractivity contribution in [3.05, 3.63) is 22.2 Å². The molecule has 0 aliphatic carbocycles. The summed E-state index contributed by atoms with van der Waals surface area (Å²) in [6.07, 6.45) is 4.82. The first kappa shape index (κ1) is 13.7. The third-order valence-corrected chi connectivity index (χ3v) is 3.86. The summed E-state index contributed by atoms with van der Waals surface area (Å²) in [7, 11) is 3.37. The fraction of sp³-hybridized carbons (Fsp3) is 0.571. The van der Waals surface area contributed by atoms with Gasteiger partial charge < -0.3 is 14.8 Å². The zero-order chi connectivity index (χ0) is 13.0. The summed E-state index contributed by atoms with van der Waals surface area (Å²) in [4.78, 5) is 0. The van der Waals surface area contributed by atoms with E-state index in [0.29, 0.717) is 6.04 Å². The van der Waals surface area contributed by atoms with Gasteiger partial charge in [0.1, 0.15) is 0 Å². The normalized spacial score (nSPS) is 19.6. The molecule has 18 heavy (non-hydrogen) atoms. The molecule has 2 rings (SSSR count). The van der Waals surface area contributed by atoms with Gasteiger partial charge in [-0.1, -0.05) is 22.4 Å². The smallest absolute Gasteiger partial charge is 0.164 e. The molecular formula is C14H20BrNO2. The molecule has 0 spiro atoms. The van der Waals surface area contributed by atoms with Gasteiger partial charge in [0.2, 0.25) is 0 Å². The Morgan fingerprint density at radius 2 is 2.11 bits per heavy atom. The second-order valence-electron chi connectivity index (χ2n) is 4.65. The lowest BCUT2D eigenvalue weighted by Crippen LogP contribution is -2.35. The van der Waals surface area contributed by atoms with E-state index < -0.39 is 0 Å². The van der Waals surface area contributed by atoms with Crippen molar-refractivity contribution in [2.24, 2.45) is 0 Å². The van der Waals surface area contributed by atoms with E-state index in [-0.39, 0.29) is 0 Å². The molecule has 1 aliphatic rings. The van der Waals surface area contributed by atoms with Crippen LogP contribution in [0.1, 0.15) is 24.8 Å². The van der Waals surface area contributed by atoms with Crippen LogP contribution in [0.4, 0.5) is 0 Å². The maximum atomic E-state index is 5.49. The molecule has 0 amide bonds. The summed E-state index contributed by atoms with van der Waals surface area (Å²) in [6, 6.07) is 4.61. The molecule has 0 aromatic heterocycles. The first-order chi connectivity index (χ1) is 8.74. The molecular weight excluding hydrogens is 294 g/mol. The summed E-state index contributed by atoms with van der Waals surface area (Å²) in [5.41, 5.74) is 1.20. The van der Waals surface area contributed by atoms with E-state index in [0.717, 1.165) is 28.9 Å². The maximum absolute atomic E-state index is 5.49. The Bertz CT molecular complexity index is 403. The fourth-order valence-electron chi connectivity index (χ4n) is 2.52. The second kappa shape index (κ2) is 6.43. The molecule has 1 fully saturated rings. The van der Waals surface area contributed by atoms with E-state index in [4.69, 9.17) is 9.47 Å². The van der Waals surface area contributed by atoms with Crippen LogP contribution in [-0.2, 0) is 6.42 Å². The van der Waals surface area contributed by atoms with Gasteiger partial charge in [0.25, 0.3) is 0 Å². The number of halogens is 1. The fourth-order valence-corrected chi connectivity index (χ4v) is 3.01. The molecule has 1 aliphatic heterocycles. The Kier molecular flexibility index (Phi) is 4.89. The van der Waals surface area contributed by atoms with Crippen LogP contribution in [0, 0.1) is 0 Å². The highest BCUT2D eigenvalue weighted by molar-refractivity contribution is 9.10. The molecule has 1 N–H and O–H groups in total. The predicted molar refractivity (Wildman–Crippen MR) is 76.6 cm³/mol. The third kappa shape index (κ3) is 3.18. The first-order valence-corrected chi connectivity index (χ1v) is 7.17. The third-order valence-electron chi connectivity index (χ3n) is 3.40. The van der Waals surface area contributed by atoms with Crippen LogP contribution in [0.15, 0.2) is 16.6 Å². The van der Waals surface area contributed by atoms with E-state index in [1.165, 1.54) is 24.8 Å². The van der Waals surface area contributed by atoms with Crippen molar-refractivity contribution in [3.8, 4) is 11.5 Å². The molecule has 0 radical (unpaired) electrons. The summed E-state index contributed by atoms with van der Waals surface area (Å²) < 4.78 is 11.9. The molecule has 1 aromatic carbocycles. The number of hydrogen-bond donors (Lipinski definition) is 1. The van der Waals surface area contributed by atoms with Crippen LogP contribution >= 0.6 is 15.9 Å². The molecule has 1 saturated heterocycles. The summed E-state index contributed by atoms with van der Waals surface area (Å²) in [6.45, 7) is 1.12. The Labute approximate surface area is 117 Å². The Hall–Kier alpha value is -0.740. The van der Waals surface area contributed by atoms with Crippen LogP contribution in [0.3, 0.4) is 0 Å². The van der Waals surface area contributed by atoms with Gasteiger partial charge in [-0.05, 0) is 37.9 Å². The maximum Gasteiger partial charge on any atom is 0.164 e. The lowest BCUT2D eigenvalue weighted by Gasteiger charge is -2.24. The van der Waals surface area contributed by atoms with Crippen molar-refractivity contribution >= 4 is 15.9 Å². The molecule has 1 atom stereocenters. The number of benzene rings is 1. The topological polar surface area (TPSA) is 30.5 Å². The van der Waals surface area contributed by atoms with E-state index >= 15 is 0 Å². The number of methoxy groups -OCH3 is 2. The number of nitrogens with one attached hydrogen (secondary N) is 1. The van der Waals surface area contributed by atoms with Crippen molar-refractivity contribution in [2.75, 3.05) is 20.8 Å². The molecule has 3 nitrogen and oxygen atoms in total. The number of ether oxygens (including phenoxy) is 2. The van der Waals surface area contributed by atoms with Crippen molar-refractivity contribution in [3.63, 3.8) is 0 Å². The Morgan fingerprint density at radius 1 is 1.28 bits per heavy atom. The molecule has 0 bridgehead atoms. The van der Waals surface area contributed by atoms with Crippen molar-refractivity contribution in [1.82, 2.24) is 5.32 Å². The molecule has 1 unspecified atom stereocenters. The van der Waals surface area contributed by atoms with Crippen LogP contribution < -0.4 is 14.8 Å². The average molecular weight is 314 g/mol. The predicted octanol–water partition coefficient (Wildman–Crippen LogP) is 3.15. The molecule has 100 valence electrons. The molecule has 1 heterocycles. The van der Waals surface area contributed by atoms with E-state index in [1.807, 2.05) is 6.07 Å². The van der Waals surface area contributed by atoms with Crippen molar-refractivity contribution in [1.29, 1.82) is 0 Å². The average Bonchev–Trinajstić information content (AvgIpc) is 2.39. The highest BCUT2D eigenvalue weighted by Crippen LogP contribution is 2.35. The highest BCUT2D eigenvalue weighted by atomic mass is 79.9. The van der Waals surface area contributed by atoms with Gasteiger partial charge in [0.15, 0.2) is 11.5 Å². The SMILES string of the molecule is COc1cc(Br)cc(CC2CCCCN2)c1OC. The van der Waals surface area contributed by atoms with E-state index in [9.17, 15) is 0 Å². The van der Waals surface area contributed by atoms with Gasteiger partial charge in [-0.15, -0.1) is 0 Å². The summed E-state index contributed by atoms with van der Waals surface area (Å²) >= 11 is 3.53. The minimum Gasteiger partial charge on any atom is -0.493 e. The van der Waals surface area contributed by atoms with Crippen molar-refractivity contribution in [2.45, 2.75) is 31.7 Å². The van der Waals surface area contributed by atoms with Gasteiger partial charge >= 0.3 is 0 Å². The minimum atomic E-state index is 0.548. The van der Waals surface area contributed by atoms with Gasteiger partial charge in [0, 0.05) is 16.1 Å². The zero-order valence-corrected chi connectivity index (χ0v) is 12.5. The quantitative estimate of drug-likeness (QED) is 0.926. The first-order valence-electron chi connectivity index (χ1n) is 6.38. The minimum absolute atomic E-state index is 0.548. The van der Waals surface area contributed by atoms with Crippen LogP contribution in [0.25, 0.3) is 0 Å².